The minimum absolute atomic E-state index is 0.00535. The molecule has 0 aromatic carbocycles. The minimum Gasteiger partial charge on any atom is -0.481 e. The average molecular weight is 305 g/mol. The van der Waals surface area contributed by atoms with E-state index < -0.39 is 15.8 Å². The van der Waals surface area contributed by atoms with Gasteiger partial charge in [0.15, 0.2) is 5.16 Å². The van der Waals surface area contributed by atoms with E-state index in [2.05, 4.69) is 10.2 Å². The maximum absolute atomic E-state index is 11.2. The molecule has 1 aliphatic rings. The Bertz CT molecular complexity index is 578. The highest BCUT2D eigenvalue weighted by atomic mass is 32.2. The Hall–Kier alpha value is -1.09. The standard InChI is InChI=1S/C10H15N3O4S2/c1-19(16,17)5-4-13-9(7-2-3-7)11-12-10(13)18-6-8(14)15/h7H,2-6H2,1H3,(H,14,15). The first kappa shape index (κ1) is 14.3. The lowest BCUT2D eigenvalue weighted by molar-refractivity contribution is -0.133. The van der Waals surface area contributed by atoms with Gasteiger partial charge in [-0.3, -0.25) is 4.79 Å². The molecule has 1 aliphatic carbocycles. The van der Waals surface area contributed by atoms with Gasteiger partial charge in [-0.1, -0.05) is 11.8 Å². The van der Waals surface area contributed by atoms with Crippen molar-refractivity contribution in [1.29, 1.82) is 0 Å². The van der Waals surface area contributed by atoms with E-state index in [-0.39, 0.29) is 18.1 Å². The van der Waals surface area contributed by atoms with Gasteiger partial charge in [-0.05, 0) is 12.8 Å². The van der Waals surface area contributed by atoms with Gasteiger partial charge >= 0.3 is 5.97 Å². The Morgan fingerprint density at radius 1 is 1.47 bits per heavy atom. The van der Waals surface area contributed by atoms with Gasteiger partial charge in [0.25, 0.3) is 0 Å². The number of carbonyl (C=O) groups is 1. The van der Waals surface area contributed by atoms with Crippen LogP contribution in [0.1, 0.15) is 24.6 Å². The zero-order valence-electron chi connectivity index (χ0n) is 10.4. The van der Waals surface area contributed by atoms with Crippen molar-refractivity contribution in [2.45, 2.75) is 30.5 Å². The number of hydrogen-bond acceptors (Lipinski definition) is 6. The van der Waals surface area contributed by atoms with E-state index in [1.54, 1.807) is 4.57 Å². The molecule has 1 fully saturated rings. The quantitative estimate of drug-likeness (QED) is 0.726. The number of thioether (sulfide) groups is 1. The normalized spacial score (nSPS) is 15.6. The Morgan fingerprint density at radius 3 is 2.68 bits per heavy atom. The number of rotatable bonds is 7. The Balaban J connectivity index is 2.15. The molecule has 0 bridgehead atoms. The predicted octanol–water partition coefficient (Wildman–Crippen LogP) is 0.377. The van der Waals surface area contributed by atoms with Crippen molar-refractivity contribution in [1.82, 2.24) is 14.8 Å². The molecular formula is C10H15N3O4S2. The van der Waals surface area contributed by atoms with Crippen LogP contribution in [0.2, 0.25) is 0 Å². The number of sulfone groups is 1. The van der Waals surface area contributed by atoms with Crippen molar-refractivity contribution in [3.63, 3.8) is 0 Å². The Morgan fingerprint density at radius 2 is 2.16 bits per heavy atom. The zero-order valence-corrected chi connectivity index (χ0v) is 12.1. The molecule has 1 heterocycles. The van der Waals surface area contributed by atoms with E-state index in [1.165, 1.54) is 6.26 Å². The smallest absolute Gasteiger partial charge is 0.313 e. The fraction of sp³-hybridized carbons (Fsp3) is 0.700. The van der Waals surface area contributed by atoms with E-state index in [9.17, 15) is 13.2 Å². The van der Waals surface area contributed by atoms with Gasteiger partial charge in [0.05, 0.1) is 11.5 Å². The second kappa shape index (κ2) is 5.49. The Labute approximate surface area is 115 Å². The van der Waals surface area contributed by atoms with E-state index >= 15 is 0 Å². The summed E-state index contributed by atoms with van der Waals surface area (Å²) in [6.45, 7) is 0.277. The van der Waals surface area contributed by atoms with Gasteiger partial charge in [0.2, 0.25) is 0 Å². The topological polar surface area (TPSA) is 102 Å². The second-order valence-electron chi connectivity index (χ2n) is 4.58. The average Bonchev–Trinajstić information content (AvgIpc) is 3.04. The molecule has 0 aliphatic heterocycles. The number of aliphatic carboxylic acids is 1. The predicted molar refractivity (Wildman–Crippen MR) is 70.1 cm³/mol. The number of hydrogen-bond donors (Lipinski definition) is 1. The first-order valence-corrected chi connectivity index (χ1v) is 8.87. The molecule has 9 heteroatoms. The molecule has 1 aromatic rings. The second-order valence-corrected chi connectivity index (χ2v) is 7.78. The first-order valence-electron chi connectivity index (χ1n) is 5.82. The van der Waals surface area contributed by atoms with Gasteiger partial charge < -0.3 is 9.67 Å². The Kier molecular flexibility index (Phi) is 4.14. The minimum atomic E-state index is -3.07. The molecule has 0 saturated heterocycles. The van der Waals surface area contributed by atoms with Crippen LogP contribution in [0.15, 0.2) is 5.16 Å². The maximum Gasteiger partial charge on any atom is 0.313 e. The van der Waals surface area contributed by atoms with Crippen LogP contribution in [0, 0.1) is 0 Å². The first-order chi connectivity index (χ1) is 8.87. The summed E-state index contributed by atoms with van der Waals surface area (Å²) in [5.41, 5.74) is 0. The van der Waals surface area contributed by atoms with Crippen LogP contribution in [-0.4, -0.2) is 52.0 Å². The van der Waals surface area contributed by atoms with Crippen LogP contribution < -0.4 is 0 Å². The van der Waals surface area contributed by atoms with Crippen molar-refractivity contribution in [2.24, 2.45) is 0 Å². The number of carboxylic acid groups (broad SMARTS) is 1. The SMILES string of the molecule is CS(=O)(=O)CCn1c(SCC(=O)O)nnc1C1CC1. The molecule has 0 spiro atoms. The molecular weight excluding hydrogens is 290 g/mol. The molecule has 0 atom stereocenters. The summed E-state index contributed by atoms with van der Waals surface area (Å²) in [7, 11) is -3.07. The number of carboxylic acids is 1. The van der Waals surface area contributed by atoms with Crippen LogP contribution in [0.25, 0.3) is 0 Å². The van der Waals surface area contributed by atoms with Crippen LogP contribution in [0.3, 0.4) is 0 Å². The van der Waals surface area contributed by atoms with E-state index in [0.717, 1.165) is 30.4 Å². The summed E-state index contributed by atoms with van der Waals surface area (Å²) >= 11 is 1.07. The van der Waals surface area contributed by atoms with Crippen molar-refractivity contribution < 1.29 is 18.3 Å². The molecule has 19 heavy (non-hydrogen) atoms. The van der Waals surface area contributed by atoms with Gasteiger partial charge in [-0.25, -0.2) is 8.42 Å². The highest BCUT2D eigenvalue weighted by molar-refractivity contribution is 7.99. The highest BCUT2D eigenvalue weighted by Crippen LogP contribution is 2.40. The summed E-state index contributed by atoms with van der Waals surface area (Å²) in [6, 6.07) is 0. The van der Waals surface area contributed by atoms with E-state index in [4.69, 9.17) is 5.11 Å². The molecule has 0 unspecified atom stereocenters. The van der Waals surface area contributed by atoms with Gasteiger partial charge in [-0.15, -0.1) is 10.2 Å². The third-order valence-corrected chi connectivity index (χ3v) is 4.57. The number of aromatic nitrogens is 3. The van der Waals surface area contributed by atoms with Crippen molar-refractivity contribution in [2.75, 3.05) is 17.8 Å². The van der Waals surface area contributed by atoms with Crippen molar-refractivity contribution in [3.05, 3.63) is 5.82 Å². The van der Waals surface area contributed by atoms with Crippen molar-refractivity contribution in [3.8, 4) is 0 Å². The van der Waals surface area contributed by atoms with E-state index in [0.29, 0.717) is 11.1 Å². The van der Waals surface area contributed by atoms with Gasteiger partial charge in [0, 0.05) is 18.7 Å². The summed E-state index contributed by atoms with van der Waals surface area (Å²) in [6.07, 6.45) is 3.24. The van der Waals surface area contributed by atoms with Crippen LogP contribution in [-0.2, 0) is 21.2 Å². The van der Waals surface area contributed by atoms with Crippen LogP contribution in [0.4, 0.5) is 0 Å². The molecule has 106 valence electrons. The fourth-order valence-electron chi connectivity index (χ4n) is 1.64. The van der Waals surface area contributed by atoms with Gasteiger partial charge in [0.1, 0.15) is 15.7 Å². The van der Waals surface area contributed by atoms with E-state index in [1.807, 2.05) is 0 Å². The largest absolute Gasteiger partial charge is 0.481 e. The van der Waals surface area contributed by atoms with Crippen molar-refractivity contribution >= 4 is 27.6 Å². The monoisotopic (exact) mass is 305 g/mol. The number of nitrogens with zero attached hydrogens (tertiary/aromatic N) is 3. The summed E-state index contributed by atoms with van der Waals surface area (Å²) in [4.78, 5) is 10.6. The summed E-state index contributed by atoms with van der Waals surface area (Å²) in [5, 5.41) is 17.2. The van der Waals surface area contributed by atoms with Gasteiger partial charge in [-0.2, -0.15) is 0 Å². The third-order valence-electron chi connectivity index (χ3n) is 2.70. The van der Waals surface area contributed by atoms with Crippen LogP contribution in [0.5, 0.6) is 0 Å². The molecule has 1 N–H and O–H groups in total. The molecule has 0 radical (unpaired) electrons. The molecule has 0 amide bonds. The third kappa shape index (κ3) is 4.20. The summed E-state index contributed by atoms with van der Waals surface area (Å²) in [5.74, 6) is 0.0750. The highest BCUT2D eigenvalue weighted by Gasteiger charge is 2.30. The lowest BCUT2D eigenvalue weighted by Gasteiger charge is -2.08. The molecule has 7 nitrogen and oxygen atoms in total. The molecule has 2 rings (SSSR count). The summed E-state index contributed by atoms with van der Waals surface area (Å²) < 4.78 is 24.2. The zero-order chi connectivity index (χ0) is 14.0. The molecule has 1 saturated carbocycles. The maximum atomic E-state index is 11.2. The van der Waals surface area contributed by atoms with Crippen LogP contribution >= 0.6 is 11.8 Å². The lowest BCUT2D eigenvalue weighted by atomic mass is 10.4. The lowest BCUT2D eigenvalue weighted by Crippen LogP contribution is -2.14. The molecule has 1 aromatic heterocycles. The fourth-order valence-corrected chi connectivity index (χ4v) is 2.85.